The Morgan fingerprint density at radius 3 is 2.64 bits per heavy atom. The molecule has 0 radical (unpaired) electrons. The second-order valence-electron chi connectivity index (χ2n) is 3.38. The first kappa shape index (κ1) is 11.6. The first-order valence-electron chi connectivity index (χ1n) is 4.63. The third kappa shape index (κ3) is 2.76. The minimum absolute atomic E-state index is 0.383. The number of halogens is 2. The summed E-state index contributed by atoms with van der Waals surface area (Å²) in [6.07, 6.45) is 1.04. The zero-order valence-electron chi connectivity index (χ0n) is 8.56. The maximum atomic E-state index is 5.98. The van der Waals surface area contributed by atoms with Gasteiger partial charge in [-0.05, 0) is 31.9 Å². The molecule has 0 aromatic carbocycles. The molecule has 0 aliphatic carbocycles. The van der Waals surface area contributed by atoms with Gasteiger partial charge < -0.3 is 5.32 Å². The van der Waals surface area contributed by atoms with Crippen molar-refractivity contribution < 1.29 is 0 Å². The van der Waals surface area contributed by atoms with Gasteiger partial charge in [0, 0.05) is 6.04 Å². The third-order valence-corrected chi connectivity index (χ3v) is 2.61. The predicted molar refractivity (Wildman–Crippen MR) is 62.4 cm³/mol. The molecule has 1 atom stereocenters. The highest BCUT2D eigenvalue weighted by molar-refractivity contribution is 6.34. The van der Waals surface area contributed by atoms with Crippen LogP contribution in [0.4, 0.5) is 5.69 Å². The van der Waals surface area contributed by atoms with Gasteiger partial charge in [0.1, 0.15) is 5.15 Å². The normalized spacial score (nSPS) is 12.6. The smallest absolute Gasteiger partial charge is 0.154 e. The number of rotatable bonds is 3. The summed E-state index contributed by atoms with van der Waals surface area (Å²) in [7, 11) is 0. The predicted octanol–water partition coefficient (Wildman–Crippen LogP) is 3.91. The van der Waals surface area contributed by atoms with Crippen molar-refractivity contribution in [3.05, 3.63) is 21.9 Å². The summed E-state index contributed by atoms with van der Waals surface area (Å²) < 4.78 is 0. The average molecular weight is 233 g/mol. The Hall–Kier alpha value is -0.470. The van der Waals surface area contributed by atoms with Crippen molar-refractivity contribution in [1.29, 1.82) is 0 Å². The van der Waals surface area contributed by atoms with Crippen LogP contribution < -0.4 is 5.32 Å². The van der Waals surface area contributed by atoms with Gasteiger partial charge in [0.15, 0.2) is 5.15 Å². The van der Waals surface area contributed by atoms with E-state index in [1.807, 2.05) is 6.92 Å². The maximum absolute atomic E-state index is 5.98. The molecule has 1 unspecified atom stereocenters. The van der Waals surface area contributed by atoms with Gasteiger partial charge in [0.05, 0.1) is 5.69 Å². The van der Waals surface area contributed by atoms with E-state index in [4.69, 9.17) is 23.2 Å². The maximum Gasteiger partial charge on any atom is 0.154 e. The highest BCUT2D eigenvalue weighted by atomic mass is 35.5. The van der Waals surface area contributed by atoms with Gasteiger partial charge in [0.2, 0.25) is 0 Å². The van der Waals surface area contributed by atoms with Crippen LogP contribution in [0, 0.1) is 6.92 Å². The quantitative estimate of drug-likeness (QED) is 0.800. The number of aryl methyl sites for hydroxylation is 1. The average Bonchev–Trinajstić information content (AvgIpc) is 2.10. The summed E-state index contributed by atoms with van der Waals surface area (Å²) in [5.41, 5.74) is 1.90. The van der Waals surface area contributed by atoms with Gasteiger partial charge in [-0.15, -0.1) is 0 Å². The molecule has 1 heterocycles. The fraction of sp³-hybridized carbons (Fsp3) is 0.500. The molecular formula is C10H14Cl2N2. The zero-order chi connectivity index (χ0) is 10.7. The van der Waals surface area contributed by atoms with E-state index >= 15 is 0 Å². The van der Waals surface area contributed by atoms with Gasteiger partial charge in [-0.2, -0.15) is 0 Å². The third-order valence-electron chi connectivity index (χ3n) is 2.14. The van der Waals surface area contributed by atoms with Crippen LogP contribution in [0.5, 0.6) is 0 Å². The summed E-state index contributed by atoms with van der Waals surface area (Å²) in [4.78, 5) is 3.99. The van der Waals surface area contributed by atoms with Crippen molar-refractivity contribution in [3.63, 3.8) is 0 Å². The molecule has 78 valence electrons. The number of hydrogen-bond acceptors (Lipinski definition) is 2. The van der Waals surface area contributed by atoms with Crippen LogP contribution in [0.25, 0.3) is 0 Å². The molecule has 0 amide bonds. The number of pyridine rings is 1. The molecule has 0 aliphatic rings. The van der Waals surface area contributed by atoms with Gasteiger partial charge in [-0.25, -0.2) is 4.98 Å². The molecule has 0 bridgehead atoms. The molecule has 4 heteroatoms. The van der Waals surface area contributed by atoms with Crippen LogP contribution in [0.2, 0.25) is 10.3 Å². The number of aromatic nitrogens is 1. The second-order valence-corrected chi connectivity index (χ2v) is 4.13. The standard InChI is InChI=1S/C10H14Cl2N2/c1-4-7(3)13-9-6(2)5-8(11)14-10(9)12/h5,7,13H,4H2,1-3H3. The molecule has 1 aromatic rings. The summed E-state index contributed by atoms with van der Waals surface area (Å²) in [5, 5.41) is 4.17. The fourth-order valence-corrected chi connectivity index (χ4v) is 1.70. The molecule has 0 spiro atoms. The summed E-state index contributed by atoms with van der Waals surface area (Å²) >= 11 is 11.7. The fourth-order valence-electron chi connectivity index (χ4n) is 1.12. The monoisotopic (exact) mass is 232 g/mol. The molecule has 1 N–H and O–H groups in total. The van der Waals surface area contributed by atoms with Gasteiger partial charge in [-0.1, -0.05) is 30.1 Å². The largest absolute Gasteiger partial charge is 0.380 e. The summed E-state index contributed by atoms with van der Waals surface area (Å²) in [6, 6.07) is 2.19. The first-order valence-corrected chi connectivity index (χ1v) is 5.39. The molecule has 1 rings (SSSR count). The van der Waals surface area contributed by atoms with Crippen molar-refractivity contribution >= 4 is 28.9 Å². The van der Waals surface area contributed by atoms with E-state index < -0.39 is 0 Å². The van der Waals surface area contributed by atoms with Crippen LogP contribution >= 0.6 is 23.2 Å². The van der Waals surface area contributed by atoms with Crippen molar-refractivity contribution in [1.82, 2.24) is 4.98 Å². The first-order chi connectivity index (χ1) is 6.54. The van der Waals surface area contributed by atoms with Gasteiger partial charge in [-0.3, -0.25) is 0 Å². The van der Waals surface area contributed by atoms with Crippen molar-refractivity contribution in [2.75, 3.05) is 5.32 Å². The highest BCUT2D eigenvalue weighted by Crippen LogP contribution is 2.27. The molecule has 0 saturated carbocycles. The minimum Gasteiger partial charge on any atom is -0.380 e. The van der Waals surface area contributed by atoms with E-state index in [1.54, 1.807) is 6.07 Å². The van der Waals surface area contributed by atoms with E-state index in [9.17, 15) is 0 Å². The molecule has 1 aromatic heterocycles. The molecule has 0 fully saturated rings. The lowest BCUT2D eigenvalue weighted by atomic mass is 10.2. The Morgan fingerprint density at radius 2 is 2.14 bits per heavy atom. The zero-order valence-corrected chi connectivity index (χ0v) is 10.1. The van der Waals surface area contributed by atoms with E-state index in [1.165, 1.54) is 0 Å². The van der Waals surface area contributed by atoms with Crippen LogP contribution in [0.3, 0.4) is 0 Å². The van der Waals surface area contributed by atoms with E-state index in [0.29, 0.717) is 16.3 Å². The van der Waals surface area contributed by atoms with Crippen molar-refractivity contribution in [2.24, 2.45) is 0 Å². The Balaban J connectivity index is 2.96. The molecule has 14 heavy (non-hydrogen) atoms. The highest BCUT2D eigenvalue weighted by Gasteiger charge is 2.09. The lowest BCUT2D eigenvalue weighted by Crippen LogP contribution is -2.15. The lowest BCUT2D eigenvalue weighted by Gasteiger charge is -2.16. The minimum atomic E-state index is 0.383. The van der Waals surface area contributed by atoms with E-state index in [-0.39, 0.29) is 0 Å². The SMILES string of the molecule is CCC(C)Nc1c(C)cc(Cl)nc1Cl. The van der Waals surface area contributed by atoms with Gasteiger partial charge >= 0.3 is 0 Å². The summed E-state index contributed by atoms with van der Waals surface area (Å²) in [6.45, 7) is 6.18. The van der Waals surface area contributed by atoms with Crippen LogP contribution in [0.1, 0.15) is 25.8 Å². The van der Waals surface area contributed by atoms with E-state index in [2.05, 4.69) is 24.1 Å². The molecular weight excluding hydrogens is 219 g/mol. The second kappa shape index (κ2) is 4.85. The number of nitrogens with one attached hydrogen (secondary N) is 1. The molecule has 0 saturated heterocycles. The Morgan fingerprint density at radius 1 is 1.50 bits per heavy atom. The Labute approximate surface area is 94.6 Å². The van der Waals surface area contributed by atoms with Crippen LogP contribution in [-0.2, 0) is 0 Å². The Bertz CT molecular complexity index is 303. The van der Waals surface area contributed by atoms with Crippen LogP contribution in [0.15, 0.2) is 6.07 Å². The summed E-state index contributed by atoms with van der Waals surface area (Å²) in [5.74, 6) is 0. The van der Waals surface area contributed by atoms with Crippen LogP contribution in [-0.4, -0.2) is 11.0 Å². The van der Waals surface area contributed by atoms with Crippen molar-refractivity contribution in [3.8, 4) is 0 Å². The lowest BCUT2D eigenvalue weighted by molar-refractivity contribution is 0.762. The van der Waals surface area contributed by atoms with Crippen molar-refractivity contribution in [2.45, 2.75) is 33.2 Å². The number of nitrogens with zero attached hydrogens (tertiary/aromatic N) is 1. The van der Waals surface area contributed by atoms with E-state index in [0.717, 1.165) is 17.7 Å². The Kier molecular flexibility index (Phi) is 4.02. The molecule has 0 aliphatic heterocycles. The van der Waals surface area contributed by atoms with Gasteiger partial charge in [0.25, 0.3) is 0 Å². The number of anilines is 1. The number of hydrogen-bond donors (Lipinski definition) is 1. The molecule has 2 nitrogen and oxygen atoms in total. The topological polar surface area (TPSA) is 24.9 Å².